The van der Waals surface area contributed by atoms with E-state index in [9.17, 15) is 0 Å². The Morgan fingerprint density at radius 2 is 0.561 bits per heavy atom. The van der Waals surface area contributed by atoms with Crippen LogP contribution in [0.5, 0.6) is 0 Å². The second-order valence-electron chi connectivity index (χ2n) is 9.79. The number of aromatic nitrogens is 8. The van der Waals surface area contributed by atoms with Gasteiger partial charge in [0.1, 0.15) is 22.6 Å². The van der Waals surface area contributed by atoms with Crippen molar-refractivity contribution in [2.75, 3.05) is 0 Å². The average Bonchev–Trinajstić information content (AvgIpc) is 3.73. The Hall–Kier alpha value is -5.27. The number of benzene rings is 4. The van der Waals surface area contributed by atoms with Crippen molar-refractivity contribution >= 4 is 44.1 Å². The van der Waals surface area contributed by atoms with Crippen molar-refractivity contribution in [3.05, 3.63) is 97.1 Å². The van der Waals surface area contributed by atoms with Gasteiger partial charge in [-0.1, -0.05) is 97.1 Å². The molecule has 0 amide bonds. The Kier molecular flexibility index (Phi) is 5.11. The van der Waals surface area contributed by atoms with Crippen LogP contribution in [0.15, 0.2) is 97.1 Å². The fraction of sp³-hybridized carbons (Fsp3) is 0. The zero-order valence-corrected chi connectivity index (χ0v) is 22.2. The van der Waals surface area contributed by atoms with E-state index in [0.29, 0.717) is 45.9 Å². The molecule has 0 fully saturated rings. The predicted octanol–water partition coefficient (Wildman–Crippen LogP) is 6.87. The molecule has 0 saturated carbocycles. The molecule has 8 bridgehead atoms. The predicted molar refractivity (Wildman–Crippen MR) is 156 cm³/mol. The van der Waals surface area contributed by atoms with Gasteiger partial charge in [0.25, 0.3) is 0 Å². The molecule has 2 aliphatic heterocycles. The standard InChI is InChI=1S/C32H18N8.Ni/c1-2-10-18-17(9-1)25-33-26(18)38-28-21-13-5-6-14-22(21)30(35-28)40-32-24-16-8-7-15-23(24)31(36-32)39-29-20-12-4-3-11-19(20)27(34-29)37-25;/h1-16H,(H2,33,34,35,36,37,38,39,40);/q;+2. The largest absolute Gasteiger partial charge is 2.00 e. The number of nitrogens with one attached hydrogen (secondary N) is 2. The molecule has 194 valence electrons. The Bertz CT molecular complexity index is 2030. The van der Waals surface area contributed by atoms with Crippen LogP contribution < -0.4 is 0 Å². The van der Waals surface area contributed by atoms with E-state index < -0.39 is 0 Å². The maximum absolute atomic E-state index is 5.02. The quantitative estimate of drug-likeness (QED) is 0.192. The van der Waals surface area contributed by atoms with Gasteiger partial charge >= 0.3 is 16.5 Å². The van der Waals surface area contributed by atoms with Gasteiger partial charge < -0.3 is 9.97 Å². The summed E-state index contributed by atoms with van der Waals surface area (Å²) in [6, 6.07) is 32.2. The summed E-state index contributed by atoms with van der Waals surface area (Å²) in [4.78, 5) is 36.8. The molecule has 3 aromatic heterocycles. The van der Waals surface area contributed by atoms with Gasteiger partial charge in [-0.25, -0.2) is 29.9 Å². The first-order valence-electron chi connectivity index (χ1n) is 13.0. The molecule has 2 aliphatic rings. The zero-order valence-electron chi connectivity index (χ0n) is 21.2. The Morgan fingerprint density at radius 1 is 0.317 bits per heavy atom. The first-order valence-corrected chi connectivity index (χ1v) is 13.0. The summed E-state index contributed by atoms with van der Waals surface area (Å²) in [5, 5.41) is 3.82. The van der Waals surface area contributed by atoms with Crippen LogP contribution in [0.25, 0.3) is 89.7 Å². The van der Waals surface area contributed by atoms with Crippen LogP contribution >= 0.6 is 0 Å². The molecule has 0 atom stereocenters. The van der Waals surface area contributed by atoms with E-state index in [-0.39, 0.29) is 16.5 Å². The summed E-state index contributed by atoms with van der Waals surface area (Å²) in [6.45, 7) is 0. The number of aromatic amines is 2. The van der Waals surface area contributed by atoms with Crippen LogP contribution in [-0.2, 0) is 16.5 Å². The summed E-state index contributed by atoms with van der Waals surface area (Å²) in [5.41, 5.74) is 6.45. The summed E-state index contributed by atoms with van der Waals surface area (Å²) in [7, 11) is 0. The third-order valence-electron chi connectivity index (χ3n) is 7.46. The minimum atomic E-state index is 0. The summed E-state index contributed by atoms with van der Waals surface area (Å²) < 4.78 is 0. The van der Waals surface area contributed by atoms with Crippen LogP contribution in [0.3, 0.4) is 0 Å². The van der Waals surface area contributed by atoms with E-state index in [4.69, 9.17) is 29.9 Å². The van der Waals surface area contributed by atoms with Crippen LogP contribution in [0, 0.1) is 0 Å². The Balaban J connectivity index is 0.00000256. The molecule has 0 spiro atoms. The van der Waals surface area contributed by atoms with Crippen molar-refractivity contribution in [2.24, 2.45) is 0 Å². The first kappa shape index (κ1) is 23.6. The number of hydrogen-bond acceptors (Lipinski definition) is 6. The smallest absolute Gasteiger partial charge is 0.324 e. The molecular formula is C32H18N8Ni+2. The average molecular weight is 573 g/mol. The molecule has 2 N–H and O–H groups in total. The zero-order chi connectivity index (χ0) is 26.2. The van der Waals surface area contributed by atoms with Crippen LogP contribution in [0.1, 0.15) is 0 Å². The van der Waals surface area contributed by atoms with Gasteiger partial charge in [0.2, 0.25) is 0 Å². The van der Waals surface area contributed by atoms with Crippen molar-refractivity contribution in [3.8, 4) is 45.6 Å². The molecule has 0 saturated heterocycles. The molecule has 4 aromatic carbocycles. The molecule has 8 nitrogen and oxygen atoms in total. The van der Waals surface area contributed by atoms with Crippen molar-refractivity contribution < 1.29 is 16.5 Å². The fourth-order valence-electron chi connectivity index (χ4n) is 5.59. The summed E-state index contributed by atoms with van der Waals surface area (Å²) in [5.74, 6) is 2.39. The maximum atomic E-state index is 5.02. The van der Waals surface area contributed by atoms with E-state index in [0.717, 1.165) is 43.8 Å². The van der Waals surface area contributed by atoms with Crippen LogP contribution in [-0.4, -0.2) is 39.9 Å². The number of H-pyrrole nitrogens is 2. The second-order valence-corrected chi connectivity index (χ2v) is 9.79. The van der Waals surface area contributed by atoms with E-state index >= 15 is 0 Å². The topological polar surface area (TPSA) is 109 Å². The molecule has 5 heterocycles. The number of nitrogens with zero attached hydrogens (tertiary/aromatic N) is 6. The van der Waals surface area contributed by atoms with E-state index in [1.54, 1.807) is 0 Å². The molecule has 0 radical (unpaired) electrons. The molecular weight excluding hydrogens is 555 g/mol. The van der Waals surface area contributed by atoms with E-state index in [2.05, 4.69) is 9.97 Å². The number of fused-ring (bicyclic) bond motifs is 20. The maximum Gasteiger partial charge on any atom is 2.00 e. The fourth-order valence-corrected chi connectivity index (χ4v) is 5.59. The van der Waals surface area contributed by atoms with Crippen molar-refractivity contribution in [3.63, 3.8) is 0 Å². The van der Waals surface area contributed by atoms with Gasteiger partial charge in [-0.3, -0.25) is 0 Å². The molecule has 0 unspecified atom stereocenters. The minimum Gasteiger partial charge on any atom is -0.324 e. The van der Waals surface area contributed by atoms with Crippen LogP contribution in [0.4, 0.5) is 0 Å². The SMILES string of the molecule is [Ni+2].c1ccc2c(c1)-c1nc-2nc2[nH]c(nc3nc(nc4[nH]c(n1)c1ccccc41)-c1ccccc1-3)c1ccccc21. The van der Waals surface area contributed by atoms with Crippen LogP contribution in [0.2, 0.25) is 0 Å². The van der Waals surface area contributed by atoms with Gasteiger partial charge in [0.05, 0.1) is 0 Å². The monoisotopic (exact) mass is 572 g/mol. The third-order valence-corrected chi connectivity index (χ3v) is 7.46. The summed E-state index contributed by atoms with van der Waals surface area (Å²) in [6.07, 6.45) is 0. The van der Waals surface area contributed by atoms with Gasteiger partial charge in [0, 0.05) is 43.8 Å². The number of hydrogen-bond donors (Lipinski definition) is 2. The van der Waals surface area contributed by atoms with E-state index in [1.807, 2.05) is 97.1 Å². The molecule has 7 aromatic rings. The van der Waals surface area contributed by atoms with Gasteiger partial charge in [-0.15, -0.1) is 0 Å². The Labute approximate surface area is 242 Å². The second kappa shape index (κ2) is 8.88. The Morgan fingerprint density at radius 3 is 0.829 bits per heavy atom. The molecule has 9 heteroatoms. The van der Waals surface area contributed by atoms with Crippen molar-refractivity contribution in [1.29, 1.82) is 0 Å². The molecule has 9 rings (SSSR count). The number of rotatable bonds is 0. The minimum absolute atomic E-state index is 0. The van der Waals surface area contributed by atoms with Crippen molar-refractivity contribution in [2.45, 2.75) is 0 Å². The first-order chi connectivity index (χ1) is 19.8. The van der Waals surface area contributed by atoms with Gasteiger partial charge in [-0.05, 0) is 0 Å². The molecule has 0 aliphatic carbocycles. The summed E-state index contributed by atoms with van der Waals surface area (Å²) >= 11 is 0. The van der Waals surface area contributed by atoms with Gasteiger partial charge in [-0.2, -0.15) is 0 Å². The van der Waals surface area contributed by atoms with Gasteiger partial charge in [0.15, 0.2) is 23.3 Å². The van der Waals surface area contributed by atoms with Crippen molar-refractivity contribution in [1.82, 2.24) is 39.9 Å². The normalized spacial score (nSPS) is 11.7. The third kappa shape index (κ3) is 3.53. The molecule has 41 heavy (non-hydrogen) atoms. The van der Waals surface area contributed by atoms with E-state index in [1.165, 1.54) is 0 Å².